The first-order chi connectivity index (χ1) is 9.44. The standard InChI is InChI=1S/C15H23N3O2/c1-4-16-13-10-12(6-7-14(13)18(19)20)11-17-9-5-8-15(17,2)3/h6-7,10,16H,4-5,8-9,11H2,1-3H3. The minimum atomic E-state index is -0.332. The molecule has 1 heterocycles. The van der Waals surface area contributed by atoms with Gasteiger partial charge in [0.05, 0.1) is 4.92 Å². The molecule has 0 spiro atoms. The molecule has 1 aromatic rings. The lowest BCUT2D eigenvalue weighted by Crippen LogP contribution is -2.37. The van der Waals surface area contributed by atoms with E-state index in [1.54, 1.807) is 6.07 Å². The summed E-state index contributed by atoms with van der Waals surface area (Å²) in [6.07, 6.45) is 2.43. The Bertz CT molecular complexity index is 500. The molecule has 1 fully saturated rings. The monoisotopic (exact) mass is 277 g/mol. The van der Waals surface area contributed by atoms with E-state index < -0.39 is 0 Å². The van der Waals surface area contributed by atoms with Gasteiger partial charge in [0.1, 0.15) is 5.69 Å². The minimum absolute atomic E-state index is 0.149. The summed E-state index contributed by atoms with van der Waals surface area (Å²) >= 11 is 0. The molecule has 0 bridgehead atoms. The molecule has 1 N–H and O–H groups in total. The number of hydrogen-bond acceptors (Lipinski definition) is 4. The van der Waals surface area contributed by atoms with Gasteiger partial charge < -0.3 is 5.32 Å². The second-order valence-electron chi connectivity index (χ2n) is 5.98. The fourth-order valence-electron chi connectivity index (χ4n) is 2.85. The molecule has 0 saturated carbocycles. The lowest BCUT2D eigenvalue weighted by atomic mass is 10.0. The maximum Gasteiger partial charge on any atom is 0.292 e. The van der Waals surface area contributed by atoms with Gasteiger partial charge >= 0.3 is 0 Å². The van der Waals surface area contributed by atoms with E-state index in [9.17, 15) is 10.1 Å². The van der Waals surface area contributed by atoms with E-state index in [4.69, 9.17) is 0 Å². The van der Waals surface area contributed by atoms with E-state index in [-0.39, 0.29) is 16.1 Å². The third-order valence-corrected chi connectivity index (χ3v) is 4.07. The molecule has 110 valence electrons. The average Bonchev–Trinajstić information content (AvgIpc) is 2.69. The summed E-state index contributed by atoms with van der Waals surface area (Å²) in [5.74, 6) is 0. The van der Waals surface area contributed by atoms with E-state index in [0.29, 0.717) is 12.2 Å². The summed E-state index contributed by atoms with van der Waals surface area (Å²) in [6, 6.07) is 5.39. The first kappa shape index (κ1) is 14.8. The number of likely N-dealkylation sites (tertiary alicyclic amines) is 1. The molecule has 1 aromatic carbocycles. The van der Waals surface area contributed by atoms with Gasteiger partial charge in [-0.2, -0.15) is 0 Å². The van der Waals surface area contributed by atoms with Crippen molar-refractivity contribution >= 4 is 11.4 Å². The van der Waals surface area contributed by atoms with Crippen molar-refractivity contribution in [2.45, 2.75) is 45.7 Å². The van der Waals surface area contributed by atoms with Gasteiger partial charge in [-0.3, -0.25) is 15.0 Å². The van der Waals surface area contributed by atoms with Gasteiger partial charge in [0.2, 0.25) is 0 Å². The molecule has 1 aliphatic heterocycles. The minimum Gasteiger partial charge on any atom is -0.380 e. The average molecular weight is 277 g/mol. The van der Waals surface area contributed by atoms with E-state index >= 15 is 0 Å². The van der Waals surface area contributed by atoms with Crippen molar-refractivity contribution in [1.82, 2.24) is 4.90 Å². The molecule has 0 unspecified atom stereocenters. The van der Waals surface area contributed by atoms with Gasteiger partial charge in [0.25, 0.3) is 5.69 Å². The Morgan fingerprint density at radius 3 is 2.75 bits per heavy atom. The van der Waals surface area contributed by atoms with Gasteiger partial charge in [0.15, 0.2) is 0 Å². The molecule has 20 heavy (non-hydrogen) atoms. The van der Waals surface area contributed by atoms with Crippen LogP contribution in [0.3, 0.4) is 0 Å². The number of nitro groups is 1. The van der Waals surface area contributed by atoms with Crippen LogP contribution in [0.25, 0.3) is 0 Å². The summed E-state index contributed by atoms with van der Waals surface area (Å²) in [6.45, 7) is 9.09. The highest BCUT2D eigenvalue weighted by Crippen LogP contribution is 2.31. The lowest BCUT2D eigenvalue weighted by molar-refractivity contribution is -0.384. The maximum absolute atomic E-state index is 11.0. The number of benzene rings is 1. The van der Waals surface area contributed by atoms with Crippen LogP contribution in [0.5, 0.6) is 0 Å². The van der Waals surface area contributed by atoms with Crippen LogP contribution in [0.15, 0.2) is 18.2 Å². The number of nitrogens with zero attached hydrogens (tertiary/aromatic N) is 2. The van der Waals surface area contributed by atoms with Crippen LogP contribution in [0.1, 0.15) is 39.2 Å². The number of nitrogens with one attached hydrogen (secondary N) is 1. The molecular formula is C15H23N3O2. The van der Waals surface area contributed by atoms with E-state index in [2.05, 4.69) is 24.1 Å². The number of hydrogen-bond donors (Lipinski definition) is 1. The van der Waals surface area contributed by atoms with Crippen LogP contribution in [0.4, 0.5) is 11.4 Å². The second kappa shape index (κ2) is 5.79. The van der Waals surface area contributed by atoms with Crippen LogP contribution >= 0.6 is 0 Å². The van der Waals surface area contributed by atoms with Crippen molar-refractivity contribution in [3.63, 3.8) is 0 Å². The van der Waals surface area contributed by atoms with Gasteiger partial charge in [0, 0.05) is 24.7 Å². The fourth-order valence-corrected chi connectivity index (χ4v) is 2.85. The van der Waals surface area contributed by atoms with Crippen molar-refractivity contribution in [2.75, 3.05) is 18.4 Å². The zero-order chi connectivity index (χ0) is 14.8. The quantitative estimate of drug-likeness (QED) is 0.662. The molecular weight excluding hydrogens is 254 g/mol. The van der Waals surface area contributed by atoms with Crippen molar-refractivity contribution in [3.8, 4) is 0 Å². The summed E-state index contributed by atoms with van der Waals surface area (Å²) < 4.78 is 0. The predicted octanol–water partition coefficient (Wildman–Crippen LogP) is 3.40. The first-order valence-corrected chi connectivity index (χ1v) is 7.20. The van der Waals surface area contributed by atoms with Crippen molar-refractivity contribution in [3.05, 3.63) is 33.9 Å². The van der Waals surface area contributed by atoms with Gasteiger partial charge in [-0.25, -0.2) is 0 Å². The van der Waals surface area contributed by atoms with Crippen LogP contribution in [-0.2, 0) is 6.54 Å². The number of nitro benzene ring substituents is 1. The topological polar surface area (TPSA) is 58.4 Å². The van der Waals surface area contributed by atoms with Crippen molar-refractivity contribution in [2.24, 2.45) is 0 Å². The summed E-state index contributed by atoms with van der Waals surface area (Å²) in [5, 5.41) is 14.1. The zero-order valence-electron chi connectivity index (χ0n) is 12.5. The summed E-state index contributed by atoms with van der Waals surface area (Å²) in [4.78, 5) is 13.1. The molecule has 1 aliphatic rings. The Labute approximate surface area is 120 Å². The van der Waals surface area contributed by atoms with Gasteiger partial charge in [-0.1, -0.05) is 6.07 Å². The first-order valence-electron chi connectivity index (χ1n) is 7.20. The van der Waals surface area contributed by atoms with E-state index in [1.165, 1.54) is 12.8 Å². The molecule has 5 heteroatoms. The number of rotatable bonds is 5. The Hall–Kier alpha value is -1.62. The van der Waals surface area contributed by atoms with Crippen molar-refractivity contribution in [1.29, 1.82) is 0 Å². The van der Waals surface area contributed by atoms with Crippen molar-refractivity contribution < 1.29 is 4.92 Å². The van der Waals surface area contributed by atoms with Gasteiger partial charge in [-0.15, -0.1) is 0 Å². The van der Waals surface area contributed by atoms with Gasteiger partial charge in [-0.05, 0) is 51.8 Å². The highest BCUT2D eigenvalue weighted by Gasteiger charge is 2.31. The van der Waals surface area contributed by atoms with Crippen LogP contribution < -0.4 is 5.32 Å². The molecule has 0 amide bonds. The predicted molar refractivity (Wildman–Crippen MR) is 81.0 cm³/mol. The molecule has 0 atom stereocenters. The summed E-state index contributed by atoms with van der Waals surface area (Å²) in [7, 11) is 0. The molecule has 0 aromatic heterocycles. The van der Waals surface area contributed by atoms with E-state index in [0.717, 1.165) is 18.7 Å². The van der Waals surface area contributed by atoms with Crippen LogP contribution in [0.2, 0.25) is 0 Å². The fraction of sp³-hybridized carbons (Fsp3) is 0.600. The summed E-state index contributed by atoms with van der Waals surface area (Å²) in [5.41, 5.74) is 2.12. The maximum atomic E-state index is 11.0. The lowest BCUT2D eigenvalue weighted by Gasteiger charge is -2.31. The Kier molecular flexibility index (Phi) is 4.28. The highest BCUT2D eigenvalue weighted by atomic mass is 16.6. The Morgan fingerprint density at radius 2 is 2.20 bits per heavy atom. The molecule has 2 rings (SSSR count). The third-order valence-electron chi connectivity index (χ3n) is 4.07. The molecule has 0 radical (unpaired) electrons. The largest absolute Gasteiger partial charge is 0.380 e. The number of anilines is 1. The zero-order valence-corrected chi connectivity index (χ0v) is 12.5. The molecule has 1 saturated heterocycles. The molecule has 5 nitrogen and oxygen atoms in total. The Morgan fingerprint density at radius 1 is 1.45 bits per heavy atom. The molecule has 0 aliphatic carbocycles. The highest BCUT2D eigenvalue weighted by molar-refractivity contribution is 5.62. The van der Waals surface area contributed by atoms with Crippen LogP contribution in [-0.4, -0.2) is 28.5 Å². The third kappa shape index (κ3) is 3.10. The Balaban J connectivity index is 2.20. The normalized spacial score (nSPS) is 18.1. The smallest absolute Gasteiger partial charge is 0.292 e. The van der Waals surface area contributed by atoms with E-state index in [1.807, 2.05) is 19.1 Å². The SMILES string of the molecule is CCNc1cc(CN2CCCC2(C)C)ccc1[N+](=O)[O-]. The second-order valence-corrected chi connectivity index (χ2v) is 5.98. The van der Waals surface area contributed by atoms with Crippen LogP contribution in [0, 0.1) is 10.1 Å².